The Balaban J connectivity index is 2.04. The molecule has 1 aliphatic rings. The number of rotatable bonds is 4. The summed E-state index contributed by atoms with van der Waals surface area (Å²) in [6, 6.07) is 0.151. The fourth-order valence-corrected chi connectivity index (χ4v) is 2.41. The summed E-state index contributed by atoms with van der Waals surface area (Å²) < 4.78 is 5.08. The lowest BCUT2D eigenvalue weighted by Crippen LogP contribution is -2.47. The number of hydrogen-bond donors (Lipinski definition) is 2. The Kier molecular flexibility index (Phi) is 4.73. The van der Waals surface area contributed by atoms with E-state index in [0.29, 0.717) is 5.56 Å². The molecule has 0 bridgehead atoms. The number of nitrogens with zero attached hydrogens (tertiary/aromatic N) is 3. The Morgan fingerprint density at radius 3 is 3.15 bits per heavy atom. The van der Waals surface area contributed by atoms with Gasteiger partial charge in [0.15, 0.2) is 0 Å². The van der Waals surface area contributed by atoms with Crippen molar-refractivity contribution in [1.82, 2.24) is 20.2 Å². The predicted octanol–water partition coefficient (Wildman–Crippen LogP) is 0.282. The van der Waals surface area contributed by atoms with E-state index in [1.54, 1.807) is 0 Å². The lowest BCUT2D eigenvalue weighted by molar-refractivity contribution is 0.0901. The summed E-state index contributed by atoms with van der Waals surface area (Å²) in [5.41, 5.74) is 5.80. The Morgan fingerprint density at radius 2 is 2.45 bits per heavy atom. The number of piperidine rings is 1. The minimum atomic E-state index is -0.218. The maximum atomic E-state index is 12.3. The smallest absolute Gasteiger partial charge is 0.258 e. The SMILES string of the molecule is CCN1CCCC(NC(=O)c2cnc(N)nc2OC)C1. The first-order valence-corrected chi connectivity index (χ1v) is 6.83. The molecule has 110 valence electrons. The van der Waals surface area contributed by atoms with Crippen LogP contribution in [0, 0.1) is 0 Å². The summed E-state index contributed by atoms with van der Waals surface area (Å²) in [5, 5.41) is 3.01. The highest BCUT2D eigenvalue weighted by atomic mass is 16.5. The Labute approximate surface area is 118 Å². The summed E-state index contributed by atoms with van der Waals surface area (Å²) in [6.45, 7) is 5.10. The third-order valence-electron chi connectivity index (χ3n) is 3.50. The number of hydrogen-bond acceptors (Lipinski definition) is 6. The van der Waals surface area contributed by atoms with E-state index in [9.17, 15) is 4.79 Å². The third-order valence-corrected chi connectivity index (χ3v) is 3.50. The highest BCUT2D eigenvalue weighted by Gasteiger charge is 2.23. The first-order valence-electron chi connectivity index (χ1n) is 6.83. The van der Waals surface area contributed by atoms with Gasteiger partial charge in [0.1, 0.15) is 5.56 Å². The van der Waals surface area contributed by atoms with E-state index < -0.39 is 0 Å². The molecule has 1 saturated heterocycles. The fourth-order valence-electron chi connectivity index (χ4n) is 2.41. The number of nitrogens with one attached hydrogen (secondary N) is 1. The van der Waals surface area contributed by atoms with Gasteiger partial charge in [-0.15, -0.1) is 0 Å². The van der Waals surface area contributed by atoms with Crippen LogP contribution in [0.25, 0.3) is 0 Å². The van der Waals surface area contributed by atoms with Crippen molar-refractivity contribution in [3.05, 3.63) is 11.8 Å². The summed E-state index contributed by atoms with van der Waals surface area (Å²) in [6.07, 6.45) is 3.48. The summed E-state index contributed by atoms with van der Waals surface area (Å²) >= 11 is 0. The van der Waals surface area contributed by atoms with Crippen molar-refractivity contribution in [2.75, 3.05) is 32.5 Å². The highest BCUT2D eigenvalue weighted by Crippen LogP contribution is 2.16. The minimum Gasteiger partial charge on any atom is -0.480 e. The quantitative estimate of drug-likeness (QED) is 0.822. The van der Waals surface area contributed by atoms with Crippen LogP contribution in [0.1, 0.15) is 30.1 Å². The third kappa shape index (κ3) is 3.36. The Hall–Kier alpha value is -1.89. The highest BCUT2D eigenvalue weighted by molar-refractivity contribution is 5.96. The van der Waals surface area contributed by atoms with Crippen LogP contribution < -0.4 is 15.8 Å². The molecule has 2 rings (SSSR count). The zero-order chi connectivity index (χ0) is 14.5. The number of nitrogen functional groups attached to an aromatic ring is 1. The molecule has 7 heteroatoms. The van der Waals surface area contributed by atoms with Crippen molar-refractivity contribution in [3.8, 4) is 5.88 Å². The van der Waals surface area contributed by atoms with Crippen molar-refractivity contribution in [2.45, 2.75) is 25.8 Å². The Bertz CT molecular complexity index is 480. The molecule has 1 unspecified atom stereocenters. The monoisotopic (exact) mass is 279 g/mol. The second-order valence-corrected chi connectivity index (χ2v) is 4.86. The largest absolute Gasteiger partial charge is 0.480 e. The van der Waals surface area contributed by atoms with E-state index >= 15 is 0 Å². The molecule has 3 N–H and O–H groups in total. The lowest BCUT2D eigenvalue weighted by Gasteiger charge is -2.32. The van der Waals surface area contributed by atoms with Crippen LogP contribution >= 0.6 is 0 Å². The fraction of sp³-hybridized carbons (Fsp3) is 0.615. The predicted molar refractivity (Wildman–Crippen MR) is 75.6 cm³/mol. The van der Waals surface area contributed by atoms with Gasteiger partial charge in [-0.25, -0.2) is 4.98 Å². The Morgan fingerprint density at radius 1 is 1.65 bits per heavy atom. The number of likely N-dealkylation sites (tertiary alicyclic amines) is 1. The average Bonchev–Trinajstić information content (AvgIpc) is 2.47. The number of ether oxygens (including phenoxy) is 1. The van der Waals surface area contributed by atoms with Crippen LogP contribution in [0.5, 0.6) is 5.88 Å². The summed E-state index contributed by atoms with van der Waals surface area (Å²) in [4.78, 5) is 22.4. The second-order valence-electron chi connectivity index (χ2n) is 4.86. The molecule has 20 heavy (non-hydrogen) atoms. The molecule has 0 radical (unpaired) electrons. The van der Waals surface area contributed by atoms with Gasteiger partial charge in [-0.05, 0) is 25.9 Å². The number of aromatic nitrogens is 2. The molecule has 7 nitrogen and oxygen atoms in total. The lowest BCUT2D eigenvalue weighted by atomic mass is 10.1. The molecule has 1 aromatic heterocycles. The van der Waals surface area contributed by atoms with Gasteiger partial charge in [-0.2, -0.15) is 4.98 Å². The molecule has 1 aromatic rings. The van der Waals surface area contributed by atoms with Crippen LogP contribution in [-0.2, 0) is 0 Å². The topological polar surface area (TPSA) is 93.4 Å². The standard InChI is InChI=1S/C13H21N5O2/c1-3-18-6-4-5-9(8-18)16-11(19)10-7-15-13(14)17-12(10)20-2/h7,9H,3-6,8H2,1-2H3,(H,16,19)(H2,14,15,17). The van der Waals surface area contributed by atoms with Crippen molar-refractivity contribution < 1.29 is 9.53 Å². The molecular weight excluding hydrogens is 258 g/mol. The van der Waals surface area contributed by atoms with Crippen molar-refractivity contribution in [1.29, 1.82) is 0 Å². The van der Waals surface area contributed by atoms with Crippen molar-refractivity contribution >= 4 is 11.9 Å². The minimum absolute atomic E-state index is 0.0909. The molecule has 1 atom stereocenters. The van der Waals surface area contributed by atoms with E-state index in [1.807, 2.05) is 0 Å². The van der Waals surface area contributed by atoms with E-state index in [2.05, 4.69) is 27.1 Å². The number of nitrogens with two attached hydrogens (primary N) is 1. The molecule has 0 aliphatic carbocycles. The number of carbonyl (C=O) groups is 1. The second kappa shape index (κ2) is 6.51. The molecule has 1 amide bonds. The van der Waals surface area contributed by atoms with Gasteiger partial charge < -0.3 is 20.7 Å². The van der Waals surface area contributed by atoms with Crippen LogP contribution in [0.2, 0.25) is 0 Å². The summed E-state index contributed by atoms with van der Waals surface area (Å²) in [7, 11) is 1.46. The number of methoxy groups -OCH3 is 1. The van der Waals surface area contributed by atoms with Gasteiger partial charge >= 0.3 is 0 Å². The van der Waals surface area contributed by atoms with Crippen LogP contribution in [0.4, 0.5) is 5.95 Å². The number of anilines is 1. The number of amides is 1. The van der Waals surface area contributed by atoms with Crippen LogP contribution in [0.15, 0.2) is 6.20 Å². The first kappa shape index (κ1) is 14.5. The van der Waals surface area contributed by atoms with Gasteiger partial charge in [0.05, 0.1) is 7.11 Å². The average molecular weight is 279 g/mol. The van der Waals surface area contributed by atoms with E-state index in [4.69, 9.17) is 10.5 Å². The zero-order valence-electron chi connectivity index (χ0n) is 11.9. The molecular formula is C13H21N5O2. The molecule has 0 spiro atoms. The van der Waals surface area contributed by atoms with Crippen molar-refractivity contribution in [3.63, 3.8) is 0 Å². The van der Waals surface area contributed by atoms with Gasteiger partial charge in [0.25, 0.3) is 5.91 Å². The first-order chi connectivity index (χ1) is 9.63. The van der Waals surface area contributed by atoms with Gasteiger partial charge in [0.2, 0.25) is 11.8 Å². The van der Waals surface area contributed by atoms with Gasteiger partial charge in [-0.1, -0.05) is 6.92 Å². The van der Waals surface area contributed by atoms with E-state index in [-0.39, 0.29) is 23.8 Å². The molecule has 1 aliphatic heterocycles. The molecule has 0 aromatic carbocycles. The van der Waals surface area contributed by atoms with Gasteiger partial charge in [0, 0.05) is 18.8 Å². The van der Waals surface area contributed by atoms with E-state index in [1.165, 1.54) is 13.3 Å². The zero-order valence-corrected chi connectivity index (χ0v) is 11.9. The van der Waals surface area contributed by atoms with E-state index in [0.717, 1.165) is 32.5 Å². The van der Waals surface area contributed by atoms with Gasteiger partial charge in [-0.3, -0.25) is 4.79 Å². The number of carbonyl (C=O) groups excluding carboxylic acids is 1. The van der Waals surface area contributed by atoms with Crippen LogP contribution in [0.3, 0.4) is 0 Å². The van der Waals surface area contributed by atoms with Crippen LogP contribution in [-0.4, -0.2) is 53.6 Å². The van der Waals surface area contributed by atoms with Crippen molar-refractivity contribution in [2.24, 2.45) is 0 Å². The maximum absolute atomic E-state index is 12.3. The molecule has 2 heterocycles. The maximum Gasteiger partial charge on any atom is 0.258 e. The molecule has 0 saturated carbocycles. The number of likely N-dealkylation sites (N-methyl/N-ethyl adjacent to an activating group) is 1. The molecule has 1 fully saturated rings. The normalized spacial score (nSPS) is 19.6. The summed E-state index contributed by atoms with van der Waals surface area (Å²) in [5.74, 6) is 0.0798.